The van der Waals surface area contributed by atoms with Crippen LogP contribution in [0.4, 0.5) is 4.79 Å². The molecule has 1 rings (SSSR count). The van der Waals surface area contributed by atoms with E-state index in [1.807, 2.05) is 19.1 Å². The van der Waals surface area contributed by atoms with E-state index in [1.165, 1.54) is 16.0 Å². The topological polar surface area (TPSA) is 55.6 Å². The average Bonchev–Trinajstić information content (AvgIpc) is 2.30. The molecule has 0 heterocycles. The van der Waals surface area contributed by atoms with Crippen LogP contribution in [0.1, 0.15) is 16.7 Å². The van der Waals surface area contributed by atoms with Crippen molar-refractivity contribution in [2.24, 2.45) is 5.73 Å². The van der Waals surface area contributed by atoms with Crippen LogP contribution in [0.5, 0.6) is 5.75 Å². The second-order valence-electron chi connectivity index (χ2n) is 4.19. The summed E-state index contributed by atoms with van der Waals surface area (Å²) < 4.78 is 5.26. The molecule has 0 aliphatic heterocycles. The maximum absolute atomic E-state index is 10.9. The number of rotatable bonds is 4. The summed E-state index contributed by atoms with van der Waals surface area (Å²) in [5, 5.41) is 0. The van der Waals surface area contributed by atoms with Crippen LogP contribution in [-0.2, 0) is 6.42 Å². The van der Waals surface area contributed by atoms with Crippen molar-refractivity contribution in [1.82, 2.24) is 4.90 Å². The first kappa shape index (κ1) is 13.4. The Morgan fingerprint density at radius 2 is 2.00 bits per heavy atom. The molecular weight excluding hydrogens is 216 g/mol. The van der Waals surface area contributed by atoms with Crippen molar-refractivity contribution < 1.29 is 9.53 Å². The van der Waals surface area contributed by atoms with Gasteiger partial charge in [0.2, 0.25) is 0 Å². The van der Waals surface area contributed by atoms with Gasteiger partial charge in [0.05, 0.1) is 7.11 Å². The maximum Gasteiger partial charge on any atom is 0.314 e. The molecule has 4 heteroatoms. The van der Waals surface area contributed by atoms with E-state index in [4.69, 9.17) is 10.5 Å². The van der Waals surface area contributed by atoms with Crippen molar-refractivity contribution in [3.8, 4) is 5.75 Å². The minimum atomic E-state index is -0.395. The largest absolute Gasteiger partial charge is 0.496 e. The third-order valence-corrected chi connectivity index (χ3v) is 3.16. The molecule has 0 spiro atoms. The molecule has 0 aromatic heterocycles. The van der Waals surface area contributed by atoms with Gasteiger partial charge in [-0.3, -0.25) is 0 Å². The summed E-state index contributed by atoms with van der Waals surface area (Å²) >= 11 is 0. The Kier molecular flexibility index (Phi) is 4.37. The number of nitrogens with two attached hydrogens (primary N) is 1. The van der Waals surface area contributed by atoms with Crippen LogP contribution in [0.15, 0.2) is 12.1 Å². The molecule has 0 radical (unpaired) electrons. The van der Waals surface area contributed by atoms with Crippen LogP contribution in [0, 0.1) is 13.8 Å². The van der Waals surface area contributed by atoms with E-state index < -0.39 is 6.03 Å². The molecule has 0 aliphatic carbocycles. The van der Waals surface area contributed by atoms with Crippen molar-refractivity contribution in [3.05, 3.63) is 28.8 Å². The van der Waals surface area contributed by atoms with Gasteiger partial charge in [0.1, 0.15) is 5.75 Å². The van der Waals surface area contributed by atoms with E-state index >= 15 is 0 Å². The predicted molar refractivity (Wildman–Crippen MR) is 68.4 cm³/mol. The first-order valence-electron chi connectivity index (χ1n) is 5.61. The normalized spacial score (nSPS) is 10.1. The lowest BCUT2D eigenvalue weighted by atomic mass is 10.00. The van der Waals surface area contributed by atoms with E-state index in [9.17, 15) is 4.79 Å². The third kappa shape index (κ3) is 3.12. The number of hydrogen-bond acceptors (Lipinski definition) is 2. The summed E-state index contributed by atoms with van der Waals surface area (Å²) in [6, 6.07) is 3.60. The Balaban J connectivity index is 2.79. The first-order valence-corrected chi connectivity index (χ1v) is 5.61. The van der Waals surface area contributed by atoms with Gasteiger partial charge in [0, 0.05) is 13.6 Å². The smallest absolute Gasteiger partial charge is 0.314 e. The lowest BCUT2D eigenvalue weighted by Gasteiger charge is -2.16. The Bertz CT molecular complexity index is 416. The highest BCUT2D eigenvalue weighted by molar-refractivity contribution is 5.71. The first-order chi connectivity index (χ1) is 7.97. The van der Waals surface area contributed by atoms with Gasteiger partial charge < -0.3 is 15.4 Å². The zero-order chi connectivity index (χ0) is 13.0. The van der Waals surface area contributed by atoms with E-state index in [-0.39, 0.29) is 0 Å². The number of hydrogen-bond donors (Lipinski definition) is 1. The van der Waals surface area contributed by atoms with Crippen molar-refractivity contribution in [2.45, 2.75) is 20.3 Å². The molecule has 0 saturated carbocycles. The second-order valence-corrected chi connectivity index (χ2v) is 4.19. The summed E-state index contributed by atoms with van der Waals surface area (Å²) in [5.74, 6) is 0.898. The molecule has 1 aromatic carbocycles. The summed E-state index contributed by atoms with van der Waals surface area (Å²) in [4.78, 5) is 12.4. The Hall–Kier alpha value is -1.71. The van der Waals surface area contributed by atoms with Crippen LogP contribution in [0.2, 0.25) is 0 Å². The molecule has 0 aliphatic rings. The molecule has 2 amide bonds. The Labute approximate surface area is 102 Å². The zero-order valence-corrected chi connectivity index (χ0v) is 10.9. The van der Waals surface area contributed by atoms with Gasteiger partial charge in [-0.05, 0) is 43.0 Å². The number of ether oxygens (including phenoxy) is 1. The van der Waals surface area contributed by atoms with Gasteiger partial charge in [-0.2, -0.15) is 0 Å². The molecule has 0 atom stereocenters. The Morgan fingerprint density at radius 1 is 1.35 bits per heavy atom. The van der Waals surface area contributed by atoms with E-state index in [0.717, 1.165) is 17.7 Å². The quantitative estimate of drug-likeness (QED) is 0.867. The summed E-state index contributed by atoms with van der Waals surface area (Å²) in [5.41, 5.74) is 8.76. The highest BCUT2D eigenvalue weighted by Crippen LogP contribution is 2.24. The number of methoxy groups -OCH3 is 1. The van der Waals surface area contributed by atoms with Gasteiger partial charge in [-0.15, -0.1) is 0 Å². The summed E-state index contributed by atoms with van der Waals surface area (Å²) in [6.45, 7) is 4.73. The average molecular weight is 236 g/mol. The molecule has 94 valence electrons. The van der Waals surface area contributed by atoms with Gasteiger partial charge >= 0.3 is 6.03 Å². The molecule has 0 unspecified atom stereocenters. The van der Waals surface area contributed by atoms with Gasteiger partial charge in [-0.1, -0.05) is 6.07 Å². The van der Waals surface area contributed by atoms with Crippen LogP contribution in [0.3, 0.4) is 0 Å². The second kappa shape index (κ2) is 5.57. The summed E-state index contributed by atoms with van der Waals surface area (Å²) in [7, 11) is 3.37. The van der Waals surface area contributed by atoms with Crippen molar-refractivity contribution in [1.29, 1.82) is 0 Å². The molecule has 0 bridgehead atoms. The molecule has 4 nitrogen and oxygen atoms in total. The molecular formula is C13H20N2O2. The zero-order valence-electron chi connectivity index (χ0n) is 10.9. The lowest BCUT2D eigenvalue weighted by molar-refractivity contribution is 0.219. The van der Waals surface area contributed by atoms with Crippen LogP contribution >= 0.6 is 0 Å². The standard InChI is InChI=1S/C13H20N2O2/c1-9-10(2)12(17-4)6-5-11(9)7-8-15(3)13(14)16/h5-6H,7-8H2,1-4H3,(H2,14,16). The monoisotopic (exact) mass is 236 g/mol. The highest BCUT2D eigenvalue weighted by Gasteiger charge is 2.08. The SMILES string of the molecule is COc1ccc(CCN(C)C(N)=O)c(C)c1C. The van der Waals surface area contributed by atoms with Crippen LogP contribution in [0.25, 0.3) is 0 Å². The minimum Gasteiger partial charge on any atom is -0.496 e. The van der Waals surface area contributed by atoms with Gasteiger partial charge in [-0.25, -0.2) is 4.79 Å². The Morgan fingerprint density at radius 3 is 2.53 bits per heavy atom. The minimum absolute atomic E-state index is 0.395. The van der Waals surface area contributed by atoms with Crippen molar-refractivity contribution in [2.75, 3.05) is 20.7 Å². The highest BCUT2D eigenvalue weighted by atomic mass is 16.5. The van der Waals surface area contributed by atoms with E-state index in [2.05, 4.69) is 6.92 Å². The molecule has 0 fully saturated rings. The van der Waals surface area contributed by atoms with Crippen molar-refractivity contribution >= 4 is 6.03 Å². The predicted octanol–water partition coefficient (Wildman–Crippen LogP) is 1.87. The van der Waals surface area contributed by atoms with Crippen LogP contribution in [-0.4, -0.2) is 31.6 Å². The van der Waals surface area contributed by atoms with Crippen molar-refractivity contribution in [3.63, 3.8) is 0 Å². The third-order valence-electron chi connectivity index (χ3n) is 3.16. The number of nitrogens with zero attached hydrogens (tertiary/aromatic N) is 1. The molecule has 2 N–H and O–H groups in total. The maximum atomic E-state index is 10.9. The number of likely N-dealkylation sites (N-methyl/N-ethyl adjacent to an activating group) is 1. The molecule has 17 heavy (non-hydrogen) atoms. The molecule has 0 saturated heterocycles. The number of benzene rings is 1. The summed E-state index contributed by atoms with van der Waals surface area (Å²) in [6.07, 6.45) is 0.802. The van der Waals surface area contributed by atoms with Crippen LogP contribution < -0.4 is 10.5 Å². The fraction of sp³-hybridized carbons (Fsp3) is 0.462. The number of amides is 2. The molecule has 1 aromatic rings. The van der Waals surface area contributed by atoms with E-state index in [1.54, 1.807) is 14.2 Å². The number of primary amides is 1. The number of carbonyl (C=O) groups is 1. The fourth-order valence-electron chi connectivity index (χ4n) is 1.74. The number of carbonyl (C=O) groups excluding carboxylic acids is 1. The van der Waals surface area contributed by atoms with Gasteiger partial charge in [0.25, 0.3) is 0 Å². The van der Waals surface area contributed by atoms with E-state index in [0.29, 0.717) is 6.54 Å². The van der Waals surface area contributed by atoms with Gasteiger partial charge in [0.15, 0.2) is 0 Å². The lowest BCUT2D eigenvalue weighted by Crippen LogP contribution is -2.33. The fourth-order valence-corrected chi connectivity index (χ4v) is 1.74. The number of urea groups is 1.